The van der Waals surface area contributed by atoms with Crippen LogP contribution in [0.15, 0.2) is 56.1 Å². The number of amides is 1. The second-order valence-corrected chi connectivity index (χ2v) is 7.83. The molecule has 0 radical (unpaired) electrons. The van der Waals surface area contributed by atoms with Crippen LogP contribution < -0.4 is 5.43 Å². The fraction of sp³-hybridized carbons (Fsp3) is 0.238. The lowest BCUT2D eigenvalue weighted by atomic mass is 9.98. The molecule has 3 aromatic rings. The molecule has 0 fully saturated rings. The molecule has 1 aliphatic heterocycles. The van der Waals surface area contributed by atoms with Crippen molar-refractivity contribution >= 4 is 38.5 Å². The molecule has 4 rings (SSSR count). The van der Waals surface area contributed by atoms with Crippen LogP contribution in [-0.4, -0.2) is 36.0 Å². The third kappa shape index (κ3) is 3.40. The van der Waals surface area contributed by atoms with Crippen molar-refractivity contribution in [2.24, 2.45) is 0 Å². The van der Waals surface area contributed by atoms with Gasteiger partial charge in [-0.05, 0) is 30.2 Å². The van der Waals surface area contributed by atoms with Crippen LogP contribution in [0.2, 0.25) is 0 Å². The molecule has 2 heterocycles. The Morgan fingerprint density at radius 3 is 2.77 bits per heavy atom. The first-order valence-electron chi connectivity index (χ1n) is 9.23. The van der Waals surface area contributed by atoms with Crippen LogP contribution in [0.1, 0.15) is 34.1 Å². The van der Waals surface area contributed by atoms with E-state index < -0.39 is 16.9 Å². The number of rotatable bonds is 6. The fourth-order valence-corrected chi connectivity index (χ4v) is 4.12. The maximum atomic E-state index is 13.4. The number of hydrogen-bond donors (Lipinski definition) is 0. The lowest BCUT2D eigenvalue weighted by Gasteiger charge is -2.24. The average Bonchev–Trinajstić information content (AvgIpc) is 3.01. The zero-order valence-corrected chi connectivity index (χ0v) is 17.5. The summed E-state index contributed by atoms with van der Waals surface area (Å²) in [7, 11) is 1.56. The predicted molar refractivity (Wildman–Crippen MR) is 113 cm³/mol. The molecule has 1 aliphatic rings. The number of ether oxygens (including phenoxy) is 1. The maximum Gasteiger partial charge on any atom is 0.290 e. The van der Waals surface area contributed by atoms with E-state index in [1.807, 2.05) is 0 Å². The fourth-order valence-electron chi connectivity index (χ4n) is 3.76. The first kappa shape index (κ1) is 20.2. The van der Waals surface area contributed by atoms with Crippen molar-refractivity contribution in [2.45, 2.75) is 12.5 Å². The van der Waals surface area contributed by atoms with Gasteiger partial charge in [0.2, 0.25) is 5.76 Å². The number of nitrogens with zero attached hydrogens (tertiary/aromatic N) is 2. The van der Waals surface area contributed by atoms with Crippen molar-refractivity contribution in [2.75, 3.05) is 20.3 Å². The molecule has 30 heavy (non-hydrogen) atoms. The van der Waals surface area contributed by atoms with E-state index in [0.29, 0.717) is 40.6 Å². The molecule has 1 aromatic heterocycles. The number of hydrogen-bond acceptors (Lipinski definition) is 6. The van der Waals surface area contributed by atoms with Gasteiger partial charge in [0.1, 0.15) is 5.58 Å². The SMILES string of the molecule is COCCCN1C(=O)c2oc3ccc(Br)cc3c(=O)c2[C@@H]1c1cccc([N+](=O)[O-])c1. The number of halogens is 1. The summed E-state index contributed by atoms with van der Waals surface area (Å²) in [5, 5.41) is 11.6. The highest BCUT2D eigenvalue weighted by molar-refractivity contribution is 9.10. The molecule has 0 saturated carbocycles. The van der Waals surface area contributed by atoms with Crippen LogP contribution in [0.25, 0.3) is 11.0 Å². The summed E-state index contributed by atoms with van der Waals surface area (Å²) < 4.78 is 11.6. The summed E-state index contributed by atoms with van der Waals surface area (Å²) >= 11 is 3.35. The highest BCUT2D eigenvalue weighted by Crippen LogP contribution is 2.39. The van der Waals surface area contributed by atoms with Gasteiger partial charge >= 0.3 is 0 Å². The molecule has 0 spiro atoms. The van der Waals surface area contributed by atoms with E-state index in [9.17, 15) is 19.7 Å². The Hall–Kier alpha value is -3.04. The normalized spacial score (nSPS) is 15.6. The quantitative estimate of drug-likeness (QED) is 0.304. The van der Waals surface area contributed by atoms with Crippen LogP contribution in [0.3, 0.4) is 0 Å². The number of nitro groups is 1. The van der Waals surface area contributed by atoms with Crippen molar-refractivity contribution in [1.82, 2.24) is 4.90 Å². The summed E-state index contributed by atoms with van der Waals surface area (Å²) in [5.41, 5.74) is 0.551. The van der Waals surface area contributed by atoms with Gasteiger partial charge in [0.05, 0.1) is 21.9 Å². The van der Waals surface area contributed by atoms with Gasteiger partial charge in [-0.2, -0.15) is 0 Å². The third-order valence-electron chi connectivity index (χ3n) is 5.07. The highest BCUT2D eigenvalue weighted by Gasteiger charge is 2.42. The molecular formula is C21H17BrN2O6. The number of non-ortho nitro benzene ring substituents is 1. The van der Waals surface area contributed by atoms with Gasteiger partial charge in [0.25, 0.3) is 11.6 Å². The number of methoxy groups -OCH3 is 1. The summed E-state index contributed by atoms with van der Waals surface area (Å²) in [6.45, 7) is 0.738. The number of fused-ring (bicyclic) bond motifs is 2. The van der Waals surface area contributed by atoms with Crippen molar-refractivity contribution in [3.63, 3.8) is 0 Å². The van der Waals surface area contributed by atoms with Crippen LogP contribution in [0.4, 0.5) is 5.69 Å². The summed E-state index contributed by atoms with van der Waals surface area (Å²) in [6.07, 6.45) is 0.543. The Morgan fingerprint density at radius 2 is 2.03 bits per heavy atom. The number of benzene rings is 2. The van der Waals surface area contributed by atoms with Crippen molar-refractivity contribution in [1.29, 1.82) is 0 Å². The second kappa shape index (κ2) is 8.00. The van der Waals surface area contributed by atoms with E-state index in [4.69, 9.17) is 9.15 Å². The Morgan fingerprint density at radius 1 is 1.23 bits per heavy atom. The third-order valence-corrected chi connectivity index (χ3v) is 5.57. The van der Waals surface area contributed by atoms with Gasteiger partial charge in [-0.3, -0.25) is 19.7 Å². The Balaban J connectivity index is 1.93. The molecular weight excluding hydrogens is 456 g/mol. The molecule has 0 saturated heterocycles. The van der Waals surface area contributed by atoms with Crippen LogP contribution >= 0.6 is 15.9 Å². The van der Waals surface area contributed by atoms with Crippen LogP contribution in [0, 0.1) is 10.1 Å². The molecule has 8 nitrogen and oxygen atoms in total. The van der Waals surface area contributed by atoms with E-state index in [-0.39, 0.29) is 22.4 Å². The minimum absolute atomic E-state index is 0.0243. The zero-order chi connectivity index (χ0) is 21.4. The van der Waals surface area contributed by atoms with E-state index >= 15 is 0 Å². The van der Waals surface area contributed by atoms with Gasteiger partial charge in [0.15, 0.2) is 5.43 Å². The van der Waals surface area contributed by atoms with Gasteiger partial charge in [0, 0.05) is 36.9 Å². The minimum Gasteiger partial charge on any atom is -0.450 e. The van der Waals surface area contributed by atoms with Crippen molar-refractivity contribution < 1.29 is 18.9 Å². The molecule has 2 aromatic carbocycles. The molecule has 1 atom stereocenters. The predicted octanol–water partition coefficient (Wildman–Crippen LogP) is 4.05. The molecule has 1 amide bonds. The van der Waals surface area contributed by atoms with Gasteiger partial charge in [-0.25, -0.2) is 0 Å². The Labute approximate surface area is 179 Å². The largest absolute Gasteiger partial charge is 0.450 e. The highest BCUT2D eigenvalue weighted by atomic mass is 79.9. The maximum absolute atomic E-state index is 13.4. The van der Waals surface area contributed by atoms with E-state index in [2.05, 4.69) is 15.9 Å². The molecule has 9 heteroatoms. The van der Waals surface area contributed by atoms with E-state index in [1.54, 1.807) is 37.4 Å². The molecule has 0 N–H and O–H groups in total. The smallest absolute Gasteiger partial charge is 0.290 e. The Bertz CT molecular complexity index is 1220. The lowest BCUT2D eigenvalue weighted by molar-refractivity contribution is -0.384. The Kier molecular flexibility index (Phi) is 5.40. The topological polar surface area (TPSA) is 103 Å². The number of carbonyl (C=O) groups excluding carboxylic acids is 1. The van der Waals surface area contributed by atoms with Crippen molar-refractivity contribution in [3.8, 4) is 0 Å². The van der Waals surface area contributed by atoms with Gasteiger partial charge < -0.3 is 14.1 Å². The molecule has 0 bridgehead atoms. The first-order chi connectivity index (χ1) is 14.4. The standard InChI is InChI=1S/C21H17BrN2O6/c1-29-9-3-8-23-18(12-4-2-5-14(10-12)24(27)28)17-19(25)15-11-13(22)6-7-16(15)30-20(17)21(23)26/h2,4-7,10-11,18H,3,8-9H2,1H3/t18-/m0/s1. The van der Waals surface area contributed by atoms with E-state index in [0.717, 1.165) is 0 Å². The number of nitro benzene ring substituents is 1. The summed E-state index contributed by atoms with van der Waals surface area (Å²) in [6, 6.07) is 10.2. The molecule has 0 unspecified atom stereocenters. The summed E-state index contributed by atoms with van der Waals surface area (Å²) in [4.78, 5) is 38.8. The van der Waals surface area contributed by atoms with Gasteiger partial charge in [-0.1, -0.05) is 28.1 Å². The average molecular weight is 473 g/mol. The first-order valence-corrected chi connectivity index (χ1v) is 10.0. The second-order valence-electron chi connectivity index (χ2n) is 6.91. The molecule has 154 valence electrons. The lowest BCUT2D eigenvalue weighted by Crippen LogP contribution is -2.31. The zero-order valence-electron chi connectivity index (χ0n) is 16.0. The molecule has 0 aliphatic carbocycles. The van der Waals surface area contributed by atoms with Crippen LogP contribution in [0.5, 0.6) is 0 Å². The minimum atomic E-state index is -0.774. The number of carbonyl (C=O) groups is 1. The monoisotopic (exact) mass is 472 g/mol. The van der Waals surface area contributed by atoms with Crippen molar-refractivity contribution in [3.05, 3.63) is 84.2 Å². The van der Waals surface area contributed by atoms with E-state index in [1.165, 1.54) is 17.0 Å². The van der Waals surface area contributed by atoms with Crippen LogP contribution in [-0.2, 0) is 4.74 Å². The summed E-state index contributed by atoms with van der Waals surface area (Å²) in [5.74, 6) is -0.441. The van der Waals surface area contributed by atoms with Gasteiger partial charge in [-0.15, -0.1) is 0 Å².